The molecule has 0 aliphatic rings. The van der Waals surface area contributed by atoms with Gasteiger partial charge >= 0.3 is 0 Å². The molecule has 0 radical (unpaired) electrons. The summed E-state index contributed by atoms with van der Waals surface area (Å²) in [6.07, 6.45) is 5.30. The fourth-order valence-corrected chi connectivity index (χ4v) is 3.42. The summed E-state index contributed by atoms with van der Waals surface area (Å²) in [6.45, 7) is 12.4. The zero-order valence-electron chi connectivity index (χ0n) is 17.5. The number of aliphatic hydroxyl groups is 1. The molecule has 0 amide bonds. The van der Waals surface area contributed by atoms with Gasteiger partial charge in [-0.1, -0.05) is 51.5 Å². The van der Waals surface area contributed by atoms with E-state index >= 15 is 0 Å². The van der Waals surface area contributed by atoms with Gasteiger partial charge in [0.15, 0.2) is 6.29 Å². The highest BCUT2D eigenvalue weighted by atomic mass is 16.7. The van der Waals surface area contributed by atoms with Crippen LogP contribution in [-0.4, -0.2) is 31.2 Å². The largest absolute Gasteiger partial charge is 0.396 e. The van der Waals surface area contributed by atoms with Gasteiger partial charge in [0.05, 0.1) is 0 Å². The molecule has 3 heteroatoms. The molecule has 1 aromatic carbocycles. The molecule has 1 aromatic rings. The fourth-order valence-electron chi connectivity index (χ4n) is 3.42. The summed E-state index contributed by atoms with van der Waals surface area (Å²) in [7, 11) is 0. The lowest BCUT2D eigenvalue weighted by Gasteiger charge is -2.19. The lowest BCUT2D eigenvalue weighted by atomic mass is 9.88. The molecule has 0 bridgehead atoms. The minimum Gasteiger partial charge on any atom is -0.396 e. The van der Waals surface area contributed by atoms with Gasteiger partial charge in [0.25, 0.3) is 0 Å². The number of ether oxygens (including phenoxy) is 2. The van der Waals surface area contributed by atoms with Crippen molar-refractivity contribution in [2.45, 2.75) is 73.0 Å². The molecule has 3 nitrogen and oxygen atoms in total. The van der Waals surface area contributed by atoms with Crippen LogP contribution < -0.4 is 0 Å². The quantitative estimate of drug-likeness (QED) is 0.459. The van der Waals surface area contributed by atoms with Gasteiger partial charge < -0.3 is 14.6 Å². The third-order valence-electron chi connectivity index (χ3n) is 5.09. The summed E-state index contributed by atoms with van der Waals surface area (Å²) in [4.78, 5) is 0. The maximum atomic E-state index is 9.57. The van der Waals surface area contributed by atoms with Crippen molar-refractivity contribution in [3.8, 4) is 0 Å². The monoisotopic (exact) mass is 364 g/mol. The first kappa shape index (κ1) is 23.1. The van der Waals surface area contributed by atoms with E-state index in [1.165, 1.54) is 17.5 Å². The number of hydrogen-bond donors (Lipinski definition) is 1. The molecule has 0 spiro atoms. The minimum atomic E-state index is -0.0491. The summed E-state index contributed by atoms with van der Waals surface area (Å²) in [5, 5.41) is 9.57. The Labute approximate surface area is 161 Å². The Hall–Kier alpha value is -0.900. The van der Waals surface area contributed by atoms with Crippen molar-refractivity contribution in [1.82, 2.24) is 0 Å². The maximum absolute atomic E-state index is 9.57. The van der Waals surface area contributed by atoms with Gasteiger partial charge in [-0.2, -0.15) is 0 Å². The molecule has 0 heterocycles. The third-order valence-corrected chi connectivity index (χ3v) is 5.09. The van der Waals surface area contributed by atoms with E-state index in [4.69, 9.17) is 9.47 Å². The van der Waals surface area contributed by atoms with Crippen molar-refractivity contribution in [3.63, 3.8) is 0 Å². The molecule has 0 aliphatic heterocycles. The smallest absolute Gasteiger partial charge is 0.157 e. The Bertz CT molecular complexity index is 466. The van der Waals surface area contributed by atoms with Gasteiger partial charge in [0, 0.05) is 19.8 Å². The van der Waals surface area contributed by atoms with Crippen LogP contribution in [0.5, 0.6) is 0 Å². The molecule has 0 saturated heterocycles. The Morgan fingerprint density at radius 2 is 1.54 bits per heavy atom. The number of aliphatic hydroxyl groups excluding tert-OH is 1. The minimum absolute atomic E-state index is 0.0491. The van der Waals surface area contributed by atoms with Crippen LogP contribution in [0.3, 0.4) is 0 Å². The second kappa shape index (κ2) is 13.3. The SMILES string of the molecule is CCOC(CCCC(C)Cc1cccc(CC(CO)C(C)C)c1)OCC. The standard InChI is InChI=1S/C23H40O3/c1-6-25-23(26-7-2)13-8-10-19(5)14-20-11-9-12-21(15-20)16-22(17-24)18(3)4/h9,11-12,15,18-19,22-24H,6-8,10,13-14,16-17H2,1-5H3. The van der Waals surface area contributed by atoms with E-state index in [9.17, 15) is 5.11 Å². The molecule has 2 unspecified atom stereocenters. The van der Waals surface area contributed by atoms with Gasteiger partial charge in [-0.3, -0.25) is 0 Å². The van der Waals surface area contributed by atoms with Crippen molar-refractivity contribution in [1.29, 1.82) is 0 Å². The van der Waals surface area contributed by atoms with Crippen LogP contribution in [0.25, 0.3) is 0 Å². The van der Waals surface area contributed by atoms with Crippen LogP contribution >= 0.6 is 0 Å². The number of rotatable bonds is 14. The molecular formula is C23H40O3. The van der Waals surface area contributed by atoms with Crippen molar-refractivity contribution in [2.24, 2.45) is 17.8 Å². The van der Waals surface area contributed by atoms with Crippen molar-refractivity contribution < 1.29 is 14.6 Å². The fraction of sp³-hybridized carbons (Fsp3) is 0.739. The first-order chi connectivity index (χ1) is 12.5. The van der Waals surface area contributed by atoms with Crippen LogP contribution in [0.2, 0.25) is 0 Å². The highest BCUT2D eigenvalue weighted by molar-refractivity contribution is 5.24. The van der Waals surface area contributed by atoms with E-state index < -0.39 is 0 Å². The van der Waals surface area contributed by atoms with E-state index in [2.05, 4.69) is 45.0 Å². The second-order valence-electron chi connectivity index (χ2n) is 7.79. The van der Waals surface area contributed by atoms with Crippen LogP contribution in [0, 0.1) is 17.8 Å². The number of hydrogen-bond acceptors (Lipinski definition) is 3. The molecular weight excluding hydrogens is 324 g/mol. The molecule has 0 aliphatic carbocycles. The first-order valence-corrected chi connectivity index (χ1v) is 10.4. The molecule has 26 heavy (non-hydrogen) atoms. The molecule has 0 fully saturated rings. The molecule has 1 rings (SSSR count). The summed E-state index contributed by atoms with van der Waals surface area (Å²) in [5.41, 5.74) is 2.75. The Balaban J connectivity index is 2.46. The molecule has 1 N–H and O–H groups in total. The normalized spacial score (nSPS) is 14.2. The maximum Gasteiger partial charge on any atom is 0.157 e. The van der Waals surface area contributed by atoms with Crippen LogP contribution in [0.15, 0.2) is 24.3 Å². The first-order valence-electron chi connectivity index (χ1n) is 10.4. The van der Waals surface area contributed by atoms with Crippen LogP contribution in [-0.2, 0) is 22.3 Å². The summed E-state index contributed by atoms with van der Waals surface area (Å²) >= 11 is 0. The predicted molar refractivity (Wildman–Crippen MR) is 109 cm³/mol. The van der Waals surface area contributed by atoms with Crippen molar-refractivity contribution in [3.05, 3.63) is 35.4 Å². The highest BCUT2D eigenvalue weighted by Gasteiger charge is 2.14. The Morgan fingerprint density at radius 1 is 0.923 bits per heavy atom. The van der Waals surface area contributed by atoms with Crippen molar-refractivity contribution in [2.75, 3.05) is 19.8 Å². The van der Waals surface area contributed by atoms with Gasteiger partial charge in [-0.05, 0) is 68.4 Å². The molecule has 150 valence electrons. The zero-order valence-corrected chi connectivity index (χ0v) is 17.5. The van der Waals surface area contributed by atoms with Gasteiger partial charge in [-0.25, -0.2) is 0 Å². The van der Waals surface area contributed by atoms with Crippen LogP contribution in [0.1, 0.15) is 65.0 Å². The lowest BCUT2D eigenvalue weighted by molar-refractivity contribution is -0.140. The zero-order chi connectivity index (χ0) is 19.4. The third kappa shape index (κ3) is 9.16. The second-order valence-corrected chi connectivity index (χ2v) is 7.79. The van der Waals surface area contributed by atoms with Crippen molar-refractivity contribution >= 4 is 0 Å². The number of benzene rings is 1. The average molecular weight is 365 g/mol. The Kier molecular flexibility index (Phi) is 11.8. The van der Waals surface area contributed by atoms with Crippen LogP contribution in [0.4, 0.5) is 0 Å². The summed E-state index contributed by atoms with van der Waals surface area (Å²) in [5.74, 6) is 1.50. The Morgan fingerprint density at radius 3 is 2.08 bits per heavy atom. The van der Waals surface area contributed by atoms with E-state index in [1.54, 1.807) is 0 Å². The highest BCUT2D eigenvalue weighted by Crippen LogP contribution is 2.21. The molecule has 0 saturated carbocycles. The van der Waals surface area contributed by atoms with Gasteiger partial charge in [-0.15, -0.1) is 0 Å². The van der Waals surface area contributed by atoms with E-state index in [1.807, 2.05) is 13.8 Å². The summed E-state index contributed by atoms with van der Waals surface area (Å²) in [6, 6.07) is 8.90. The van der Waals surface area contributed by atoms with Gasteiger partial charge in [0.2, 0.25) is 0 Å². The average Bonchev–Trinajstić information content (AvgIpc) is 2.60. The topological polar surface area (TPSA) is 38.7 Å². The summed E-state index contributed by atoms with van der Waals surface area (Å²) < 4.78 is 11.2. The lowest BCUT2D eigenvalue weighted by Crippen LogP contribution is -2.17. The molecule has 2 atom stereocenters. The molecule has 0 aromatic heterocycles. The predicted octanol–water partition coefficient (Wildman–Crippen LogP) is 5.24. The van der Waals surface area contributed by atoms with Gasteiger partial charge in [0.1, 0.15) is 0 Å². The van der Waals surface area contributed by atoms with E-state index in [0.717, 1.165) is 25.7 Å². The van der Waals surface area contributed by atoms with E-state index in [-0.39, 0.29) is 12.9 Å². The van der Waals surface area contributed by atoms with E-state index in [0.29, 0.717) is 31.0 Å².